The third-order valence-corrected chi connectivity index (χ3v) is 4.23. The summed E-state index contributed by atoms with van der Waals surface area (Å²) < 4.78 is 0. The Kier molecular flexibility index (Phi) is 0.744. The van der Waals surface area contributed by atoms with E-state index in [-0.39, 0.29) is 10.8 Å². The zero-order chi connectivity index (χ0) is 8.72. The molecule has 0 aromatic heterocycles. The number of hydrogen-bond acceptors (Lipinski definition) is 1. The molecule has 62 valence electrons. The Morgan fingerprint density at radius 2 is 2.17 bits per heavy atom. The van der Waals surface area contributed by atoms with Gasteiger partial charge >= 0.3 is 0 Å². The van der Waals surface area contributed by atoms with Crippen molar-refractivity contribution in [1.82, 2.24) is 0 Å². The van der Waals surface area contributed by atoms with Crippen molar-refractivity contribution in [2.24, 2.45) is 22.7 Å². The second kappa shape index (κ2) is 1.34. The van der Waals surface area contributed by atoms with E-state index in [4.69, 9.17) is 0 Å². The lowest BCUT2D eigenvalue weighted by atomic mass is 9.72. The van der Waals surface area contributed by atoms with Crippen LogP contribution in [-0.4, -0.2) is 5.78 Å². The van der Waals surface area contributed by atoms with E-state index in [1.54, 1.807) is 0 Å². The maximum absolute atomic E-state index is 12.0. The average Bonchev–Trinajstić information content (AvgIpc) is 2.61. The van der Waals surface area contributed by atoms with Gasteiger partial charge in [0.1, 0.15) is 0 Å². The number of carbonyl (C=O) groups is 1. The summed E-state index contributed by atoms with van der Waals surface area (Å²) in [5, 5.41) is 0. The van der Waals surface area contributed by atoms with E-state index in [0.29, 0.717) is 17.6 Å². The molecule has 4 unspecified atom stereocenters. The van der Waals surface area contributed by atoms with Gasteiger partial charge in [-0.3, -0.25) is 4.79 Å². The molecule has 4 bridgehead atoms. The molecular formula is C11H12O. The summed E-state index contributed by atoms with van der Waals surface area (Å²) in [5.74, 6) is 1.36. The molecule has 0 saturated heterocycles. The van der Waals surface area contributed by atoms with Crippen LogP contribution in [0.15, 0.2) is 24.3 Å². The molecule has 2 fully saturated rings. The van der Waals surface area contributed by atoms with Crippen LogP contribution < -0.4 is 0 Å². The van der Waals surface area contributed by atoms with Crippen molar-refractivity contribution in [3.05, 3.63) is 24.3 Å². The van der Waals surface area contributed by atoms with Crippen LogP contribution in [0.4, 0.5) is 0 Å². The van der Waals surface area contributed by atoms with Gasteiger partial charge in [0.05, 0.1) is 5.41 Å². The number of allylic oxidation sites excluding steroid dienone is 3. The zero-order valence-corrected chi connectivity index (χ0v) is 7.42. The molecule has 12 heavy (non-hydrogen) atoms. The summed E-state index contributed by atoms with van der Waals surface area (Å²) in [6.07, 6.45) is 4.26. The summed E-state index contributed by atoms with van der Waals surface area (Å²) in [6, 6.07) is 0. The monoisotopic (exact) mass is 160 g/mol. The molecule has 0 aromatic rings. The molecule has 4 rings (SSSR count). The van der Waals surface area contributed by atoms with Crippen LogP contribution in [-0.2, 0) is 4.79 Å². The van der Waals surface area contributed by atoms with Gasteiger partial charge in [0, 0.05) is 11.3 Å². The molecular weight excluding hydrogens is 148 g/mol. The van der Waals surface area contributed by atoms with Gasteiger partial charge in [-0.15, -0.1) is 0 Å². The molecule has 0 radical (unpaired) electrons. The molecule has 2 saturated carbocycles. The summed E-state index contributed by atoms with van der Waals surface area (Å²) in [5.41, 5.74) is 0.789. The fourth-order valence-electron chi connectivity index (χ4n) is 3.24. The molecule has 0 aliphatic heterocycles. The van der Waals surface area contributed by atoms with Crippen LogP contribution in [0.5, 0.6) is 0 Å². The van der Waals surface area contributed by atoms with E-state index in [0.717, 1.165) is 5.57 Å². The Bertz CT molecular complexity index is 352. The van der Waals surface area contributed by atoms with Gasteiger partial charge in [-0.2, -0.15) is 0 Å². The summed E-state index contributed by atoms with van der Waals surface area (Å²) in [6.45, 7) is 8.14. The van der Waals surface area contributed by atoms with Gasteiger partial charge in [0.15, 0.2) is 5.78 Å². The largest absolute Gasteiger partial charge is 0.298 e. The lowest BCUT2D eigenvalue weighted by molar-refractivity contribution is -0.128. The van der Waals surface area contributed by atoms with Crippen LogP contribution in [0.2, 0.25) is 0 Å². The first kappa shape index (κ1) is 6.64. The fourth-order valence-corrected chi connectivity index (χ4v) is 3.24. The Hall–Kier alpha value is -0.850. The zero-order valence-electron chi connectivity index (χ0n) is 7.42. The van der Waals surface area contributed by atoms with Crippen molar-refractivity contribution in [2.45, 2.75) is 13.8 Å². The normalized spacial score (nSPS) is 59.5. The SMILES string of the molecule is C=C1C2C3C=CC1(C)C(=O)C32C. The van der Waals surface area contributed by atoms with E-state index in [9.17, 15) is 4.79 Å². The van der Waals surface area contributed by atoms with Crippen molar-refractivity contribution >= 4 is 5.78 Å². The molecule has 4 aliphatic rings. The highest BCUT2D eigenvalue weighted by Crippen LogP contribution is 2.76. The van der Waals surface area contributed by atoms with Crippen LogP contribution in [0.25, 0.3) is 0 Å². The Balaban J connectivity index is 2.33. The highest BCUT2D eigenvalue weighted by atomic mass is 16.1. The number of rotatable bonds is 0. The third kappa shape index (κ3) is 0.359. The second-order valence-corrected chi connectivity index (χ2v) is 4.70. The topological polar surface area (TPSA) is 17.1 Å². The lowest BCUT2D eigenvalue weighted by Crippen LogP contribution is -2.32. The minimum Gasteiger partial charge on any atom is -0.298 e. The van der Waals surface area contributed by atoms with Gasteiger partial charge in [0.25, 0.3) is 0 Å². The molecule has 1 nitrogen and oxygen atoms in total. The van der Waals surface area contributed by atoms with Crippen molar-refractivity contribution in [2.75, 3.05) is 0 Å². The first-order chi connectivity index (χ1) is 5.53. The van der Waals surface area contributed by atoms with Crippen LogP contribution >= 0.6 is 0 Å². The first-order valence-electron chi connectivity index (χ1n) is 4.46. The van der Waals surface area contributed by atoms with Gasteiger partial charge < -0.3 is 0 Å². The quantitative estimate of drug-likeness (QED) is 0.495. The molecule has 0 spiro atoms. The minimum atomic E-state index is -0.311. The summed E-state index contributed by atoms with van der Waals surface area (Å²) in [7, 11) is 0. The van der Waals surface area contributed by atoms with E-state index >= 15 is 0 Å². The van der Waals surface area contributed by atoms with Gasteiger partial charge in [-0.1, -0.05) is 31.2 Å². The number of carbonyl (C=O) groups excluding carboxylic acids is 1. The van der Waals surface area contributed by atoms with E-state index < -0.39 is 0 Å². The molecule has 4 aliphatic carbocycles. The average molecular weight is 160 g/mol. The maximum Gasteiger partial charge on any atom is 0.153 e. The smallest absolute Gasteiger partial charge is 0.153 e. The summed E-state index contributed by atoms with van der Waals surface area (Å²) in [4.78, 5) is 12.0. The first-order valence-corrected chi connectivity index (χ1v) is 4.46. The predicted molar refractivity (Wildman–Crippen MR) is 46.5 cm³/mol. The molecule has 0 N–H and O–H groups in total. The highest BCUT2D eigenvalue weighted by molar-refractivity contribution is 6.04. The van der Waals surface area contributed by atoms with Crippen LogP contribution in [0, 0.1) is 22.7 Å². The van der Waals surface area contributed by atoms with E-state index in [1.165, 1.54) is 0 Å². The standard InChI is InChI=1S/C11H12O/c1-6-8-7-4-5-10(6,2)9(12)11(7,8)3/h4-5,7-8H,1H2,2-3H3. The minimum absolute atomic E-state index is 0.0550. The van der Waals surface area contributed by atoms with Crippen molar-refractivity contribution in [3.63, 3.8) is 0 Å². The van der Waals surface area contributed by atoms with E-state index in [2.05, 4.69) is 19.6 Å². The third-order valence-electron chi connectivity index (χ3n) is 4.23. The Labute approximate surface area is 72.2 Å². The van der Waals surface area contributed by atoms with Crippen molar-refractivity contribution < 1.29 is 4.79 Å². The van der Waals surface area contributed by atoms with Crippen LogP contribution in [0.3, 0.4) is 0 Å². The van der Waals surface area contributed by atoms with Gasteiger partial charge in [-0.05, 0) is 12.8 Å². The highest BCUT2D eigenvalue weighted by Gasteiger charge is 2.77. The predicted octanol–water partition coefficient (Wildman–Crippen LogP) is 1.95. The number of hydrogen-bond donors (Lipinski definition) is 0. The Morgan fingerprint density at radius 3 is 2.50 bits per heavy atom. The van der Waals surface area contributed by atoms with Gasteiger partial charge in [0.2, 0.25) is 0 Å². The van der Waals surface area contributed by atoms with Crippen LogP contribution in [0.1, 0.15) is 13.8 Å². The summed E-state index contributed by atoms with van der Waals surface area (Å²) >= 11 is 0. The lowest BCUT2D eigenvalue weighted by Gasteiger charge is -2.29. The Morgan fingerprint density at radius 1 is 1.50 bits per heavy atom. The van der Waals surface area contributed by atoms with Crippen molar-refractivity contribution in [3.8, 4) is 0 Å². The van der Waals surface area contributed by atoms with E-state index in [1.807, 2.05) is 13.0 Å². The second-order valence-electron chi connectivity index (χ2n) is 4.70. The molecule has 4 atom stereocenters. The number of ketones is 1. The molecule has 1 heteroatoms. The number of Topliss-reactive ketones (excluding diaryl/α,β-unsaturated/α-hetero) is 1. The molecule has 0 amide bonds. The van der Waals surface area contributed by atoms with Crippen molar-refractivity contribution in [1.29, 1.82) is 0 Å². The fraction of sp³-hybridized carbons (Fsp3) is 0.545. The molecule has 0 aromatic carbocycles. The molecule has 0 heterocycles. The van der Waals surface area contributed by atoms with Gasteiger partial charge in [-0.25, -0.2) is 0 Å². The maximum atomic E-state index is 12.0.